The van der Waals surface area contributed by atoms with Crippen LogP contribution in [0.15, 0.2) is 34.2 Å². The Labute approximate surface area is 130 Å². The molecule has 0 spiro atoms. The topological polar surface area (TPSA) is 72.5 Å². The van der Waals surface area contributed by atoms with Crippen LogP contribution in [-0.2, 0) is 6.54 Å². The lowest BCUT2D eigenvalue weighted by Crippen LogP contribution is -2.04. The second-order valence-corrected chi connectivity index (χ2v) is 5.91. The summed E-state index contributed by atoms with van der Waals surface area (Å²) in [5.74, 6) is -0.322. The monoisotopic (exact) mass is 370 g/mol. The van der Waals surface area contributed by atoms with Gasteiger partial charge in [-0.2, -0.15) is 9.38 Å². The number of nitro groups is 1. The van der Waals surface area contributed by atoms with Crippen LogP contribution in [0, 0.1) is 15.9 Å². The number of hydrogen-bond acceptors (Lipinski definition) is 5. The highest BCUT2D eigenvalue weighted by molar-refractivity contribution is 9.10. The first-order valence-corrected chi connectivity index (χ1v) is 7.51. The standard InChI is InChI=1S/C12H8BrFN4O2S/c13-9-2-1-8(14)5-7(9)6-15-10-11(18(19)20)17-3-4-21-12(17)16-10/h1-5,15H,6H2. The summed E-state index contributed by atoms with van der Waals surface area (Å²) in [6, 6.07) is 4.29. The van der Waals surface area contributed by atoms with Crippen LogP contribution in [0.4, 0.5) is 16.0 Å². The summed E-state index contributed by atoms with van der Waals surface area (Å²) in [6.45, 7) is 0.226. The molecule has 2 aromatic heterocycles. The normalized spacial score (nSPS) is 11.0. The third-order valence-electron chi connectivity index (χ3n) is 2.86. The predicted molar refractivity (Wildman–Crippen MR) is 81.2 cm³/mol. The average molecular weight is 371 g/mol. The molecule has 1 aromatic carbocycles. The van der Waals surface area contributed by atoms with Crippen LogP contribution in [0.25, 0.3) is 4.96 Å². The van der Waals surface area contributed by atoms with E-state index in [1.165, 1.54) is 27.9 Å². The summed E-state index contributed by atoms with van der Waals surface area (Å²) >= 11 is 4.62. The maximum Gasteiger partial charge on any atom is 0.372 e. The number of fused-ring (bicyclic) bond motifs is 1. The number of aromatic nitrogens is 2. The van der Waals surface area contributed by atoms with Crippen molar-refractivity contribution in [1.82, 2.24) is 9.38 Å². The van der Waals surface area contributed by atoms with Crippen molar-refractivity contribution in [2.45, 2.75) is 6.54 Å². The van der Waals surface area contributed by atoms with Gasteiger partial charge in [-0.15, -0.1) is 0 Å². The lowest BCUT2D eigenvalue weighted by molar-refractivity contribution is -0.389. The molecule has 108 valence electrons. The summed E-state index contributed by atoms with van der Waals surface area (Å²) < 4.78 is 15.4. The number of imidazole rings is 1. The van der Waals surface area contributed by atoms with Gasteiger partial charge in [-0.25, -0.2) is 4.39 Å². The third kappa shape index (κ3) is 2.61. The van der Waals surface area contributed by atoms with Gasteiger partial charge in [0.05, 0.1) is 0 Å². The molecule has 0 atom stereocenters. The highest BCUT2D eigenvalue weighted by atomic mass is 79.9. The van der Waals surface area contributed by atoms with Gasteiger partial charge >= 0.3 is 5.82 Å². The average Bonchev–Trinajstić information content (AvgIpc) is 2.99. The first kappa shape index (κ1) is 14.0. The molecule has 3 aromatic rings. The van der Waals surface area contributed by atoms with Gasteiger partial charge in [0.1, 0.15) is 12.0 Å². The fourth-order valence-corrected chi connectivity index (χ4v) is 3.02. The summed E-state index contributed by atoms with van der Waals surface area (Å²) in [4.78, 5) is 15.4. The highest BCUT2D eigenvalue weighted by Crippen LogP contribution is 2.29. The first-order chi connectivity index (χ1) is 10.1. The van der Waals surface area contributed by atoms with E-state index in [1.807, 2.05) is 0 Å². The second kappa shape index (κ2) is 5.41. The fourth-order valence-electron chi connectivity index (χ4n) is 1.92. The maximum atomic E-state index is 13.2. The predicted octanol–water partition coefficient (Wildman–Crippen LogP) is 3.82. The number of nitrogens with zero attached hydrogens (tertiary/aromatic N) is 3. The van der Waals surface area contributed by atoms with Gasteiger partial charge in [0, 0.05) is 16.4 Å². The van der Waals surface area contributed by atoms with Crippen LogP contribution >= 0.6 is 27.3 Å². The molecule has 9 heteroatoms. The van der Waals surface area contributed by atoms with Gasteiger partial charge in [0.25, 0.3) is 4.96 Å². The van der Waals surface area contributed by atoms with Crippen molar-refractivity contribution in [3.63, 3.8) is 0 Å². The fraction of sp³-hybridized carbons (Fsp3) is 0.0833. The molecule has 1 N–H and O–H groups in total. The second-order valence-electron chi connectivity index (χ2n) is 4.19. The van der Waals surface area contributed by atoms with Gasteiger partial charge in [-0.3, -0.25) is 0 Å². The van der Waals surface area contributed by atoms with E-state index in [9.17, 15) is 14.5 Å². The summed E-state index contributed by atoms with van der Waals surface area (Å²) in [5, 5.41) is 15.8. The lowest BCUT2D eigenvalue weighted by Gasteiger charge is -2.06. The van der Waals surface area contributed by atoms with Crippen molar-refractivity contribution in [2.75, 3.05) is 5.32 Å². The molecular formula is C12H8BrFN4O2S. The van der Waals surface area contributed by atoms with Gasteiger partial charge in [0.2, 0.25) is 5.82 Å². The number of nitrogens with one attached hydrogen (secondary N) is 1. The molecule has 0 amide bonds. The Hall–Kier alpha value is -2.00. The van der Waals surface area contributed by atoms with Gasteiger partial charge in [-0.05, 0) is 28.7 Å². The molecule has 0 bridgehead atoms. The summed E-state index contributed by atoms with van der Waals surface area (Å²) in [7, 11) is 0. The molecule has 0 aliphatic carbocycles. The lowest BCUT2D eigenvalue weighted by atomic mass is 10.2. The Morgan fingerprint density at radius 3 is 3.10 bits per heavy atom. The van der Waals surface area contributed by atoms with E-state index in [-0.39, 0.29) is 24.0 Å². The molecular weight excluding hydrogens is 363 g/mol. The maximum absolute atomic E-state index is 13.2. The van der Waals surface area contributed by atoms with Crippen molar-refractivity contribution in [3.05, 3.63) is 55.7 Å². The zero-order chi connectivity index (χ0) is 15.0. The van der Waals surface area contributed by atoms with Crippen LogP contribution < -0.4 is 5.32 Å². The van der Waals surface area contributed by atoms with E-state index in [2.05, 4.69) is 26.2 Å². The molecule has 6 nitrogen and oxygen atoms in total. The van der Waals surface area contributed by atoms with E-state index in [4.69, 9.17) is 0 Å². The van der Waals surface area contributed by atoms with Crippen molar-refractivity contribution >= 4 is 43.9 Å². The van der Waals surface area contributed by atoms with E-state index in [1.54, 1.807) is 17.6 Å². The van der Waals surface area contributed by atoms with Crippen molar-refractivity contribution in [2.24, 2.45) is 0 Å². The zero-order valence-corrected chi connectivity index (χ0v) is 12.8. The molecule has 0 radical (unpaired) electrons. The van der Waals surface area contributed by atoms with Gasteiger partial charge in [0.15, 0.2) is 0 Å². The van der Waals surface area contributed by atoms with Crippen LogP contribution in [0.2, 0.25) is 0 Å². The minimum absolute atomic E-state index is 0.126. The Bertz CT molecular complexity index is 832. The van der Waals surface area contributed by atoms with Crippen molar-refractivity contribution in [3.8, 4) is 0 Å². The van der Waals surface area contributed by atoms with Crippen LogP contribution in [-0.4, -0.2) is 14.3 Å². The van der Waals surface area contributed by atoms with Crippen molar-refractivity contribution < 1.29 is 9.31 Å². The first-order valence-electron chi connectivity index (χ1n) is 5.84. The van der Waals surface area contributed by atoms with Crippen molar-refractivity contribution in [1.29, 1.82) is 0 Å². The van der Waals surface area contributed by atoms with E-state index in [0.717, 1.165) is 4.47 Å². The quantitative estimate of drug-likeness (QED) is 0.559. The van der Waals surface area contributed by atoms with Crippen LogP contribution in [0.5, 0.6) is 0 Å². The van der Waals surface area contributed by atoms with E-state index >= 15 is 0 Å². The largest absolute Gasteiger partial charge is 0.372 e. The summed E-state index contributed by atoms with van der Waals surface area (Å²) in [6.07, 6.45) is 1.59. The number of thiazole rings is 1. The number of hydrogen-bond donors (Lipinski definition) is 1. The SMILES string of the molecule is O=[N+]([O-])c1c(NCc2cc(F)ccc2Br)nc2sccn12. The molecule has 2 heterocycles. The van der Waals surface area contributed by atoms with Crippen LogP contribution in [0.3, 0.4) is 0 Å². The molecule has 0 aliphatic heterocycles. The number of anilines is 1. The zero-order valence-electron chi connectivity index (χ0n) is 10.4. The molecule has 21 heavy (non-hydrogen) atoms. The number of benzene rings is 1. The smallest absolute Gasteiger partial charge is 0.359 e. The summed E-state index contributed by atoms with van der Waals surface area (Å²) in [5.41, 5.74) is 0.653. The number of rotatable bonds is 4. The van der Waals surface area contributed by atoms with E-state index < -0.39 is 4.92 Å². The molecule has 0 fully saturated rings. The minimum Gasteiger partial charge on any atom is -0.359 e. The molecule has 0 saturated heterocycles. The van der Waals surface area contributed by atoms with Crippen LogP contribution in [0.1, 0.15) is 5.56 Å². The highest BCUT2D eigenvalue weighted by Gasteiger charge is 2.23. The Morgan fingerprint density at radius 2 is 2.33 bits per heavy atom. The third-order valence-corrected chi connectivity index (χ3v) is 4.39. The minimum atomic E-state index is -0.490. The Morgan fingerprint density at radius 1 is 1.52 bits per heavy atom. The Kier molecular flexibility index (Phi) is 3.60. The molecule has 0 saturated carbocycles. The molecule has 3 rings (SSSR count). The number of halogens is 2. The molecule has 0 unspecified atom stereocenters. The van der Waals surface area contributed by atoms with Gasteiger partial charge < -0.3 is 15.4 Å². The Balaban J connectivity index is 1.91. The van der Waals surface area contributed by atoms with Gasteiger partial charge in [-0.1, -0.05) is 27.3 Å². The molecule has 0 aliphatic rings. The van der Waals surface area contributed by atoms with E-state index in [0.29, 0.717) is 10.5 Å².